The Labute approximate surface area is 114 Å². The number of hydrogen-bond donors (Lipinski definition) is 1. The molecular formula is C10H16N4O2S2. The second-order valence-corrected chi connectivity index (χ2v) is 5.51. The third-order valence-corrected chi connectivity index (χ3v) is 3.79. The van der Waals surface area contributed by atoms with Crippen LogP contribution in [-0.2, 0) is 6.42 Å². The van der Waals surface area contributed by atoms with Gasteiger partial charge in [0.25, 0.3) is 6.54 Å². The van der Waals surface area contributed by atoms with Crippen LogP contribution in [0.25, 0.3) is 0 Å². The molecule has 0 aromatic carbocycles. The number of aliphatic imine (C=N–C) groups is 1. The number of imidazole rings is 1. The quantitative estimate of drug-likeness (QED) is 0.259. The van der Waals surface area contributed by atoms with Crippen molar-refractivity contribution in [2.24, 2.45) is 4.99 Å². The summed E-state index contributed by atoms with van der Waals surface area (Å²) in [5, 5.41) is 10.9. The Kier molecular flexibility index (Phi) is 7.51. The second-order valence-electron chi connectivity index (χ2n) is 3.41. The van der Waals surface area contributed by atoms with Gasteiger partial charge in [-0.3, -0.25) is 15.1 Å². The van der Waals surface area contributed by atoms with Crippen LogP contribution in [0.4, 0.5) is 0 Å². The van der Waals surface area contributed by atoms with Crippen molar-refractivity contribution in [3.8, 4) is 0 Å². The number of rotatable bonds is 8. The molecule has 1 heterocycles. The summed E-state index contributed by atoms with van der Waals surface area (Å²) in [6, 6.07) is 0. The van der Waals surface area contributed by atoms with Crippen LogP contribution in [0.15, 0.2) is 17.5 Å². The van der Waals surface area contributed by atoms with Gasteiger partial charge < -0.3 is 4.98 Å². The van der Waals surface area contributed by atoms with Crippen molar-refractivity contribution in [1.29, 1.82) is 0 Å². The lowest BCUT2D eigenvalue weighted by Crippen LogP contribution is -2.11. The molecule has 1 aromatic rings. The van der Waals surface area contributed by atoms with Crippen molar-refractivity contribution in [2.75, 3.05) is 30.9 Å². The highest BCUT2D eigenvalue weighted by Gasteiger charge is 2.04. The summed E-state index contributed by atoms with van der Waals surface area (Å²) in [6.07, 6.45) is 6.26. The van der Waals surface area contributed by atoms with Crippen molar-refractivity contribution < 1.29 is 4.92 Å². The minimum absolute atomic E-state index is 0.167. The molecule has 18 heavy (non-hydrogen) atoms. The van der Waals surface area contributed by atoms with E-state index < -0.39 is 0 Å². The summed E-state index contributed by atoms with van der Waals surface area (Å²) < 4.78 is 0. The predicted molar refractivity (Wildman–Crippen MR) is 77.3 cm³/mol. The fraction of sp³-hybridized carbons (Fsp3) is 0.600. The van der Waals surface area contributed by atoms with Crippen LogP contribution in [0.5, 0.6) is 0 Å². The van der Waals surface area contributed by atoms with Gasteiger partial charge in [0, 0.05) is 29.1 Å². The Balaban J connectivity index is 2.09. The maximum Gasteiger partial charge on any atom is 0.250 e. The zero-order chi connectivity index (χ0) is 13.2. The Bertz CT molecular complexity index is 381. The molecule has 0 saturated carbocycles. The summed E-state index contributed by atoms with van der Waals surface area (Å²) in [4.78, 5) is 21.2. The maximum absolute atomic E-state index is 10.3. The average molecular weight is 288 g/mol. The molecule has 1 aromatic heterocycles. The van der Waals surface area contributed by atoms with E-state index in [0.717, 1.165) is 23.6 Å². The molecule has 0 amide bonds. The van der Waals surface area contributed by atoms with Gasteiger partial charge in [-0.2, -0.15) is 11.8 Å². The normalized spacial score (nSPS) is 11.7. The minimum Gasteiger partial charge on any atom is -0.348 e. The van der Waals surface area contributed by atoms with Crippen LogP contribution < -0.4 is 0 Å². The second kappa shape index (κ2) is 8.98. The number of nitro groups is 1. The van der Waals surface area contributed by atoms with Crippen molar-refractivity contribution in [3.63, 3.8) is 0 Å². The Morgan fingerprint density at radius 3 is 3.06 bits per heavy atom. The van der Waals surface area contributed by atoms with Gasteiger partial charge in [-0.15, -0.1) is 11.8 Å². The van der Waals surface area contributed by atoms with Crippen LogP contribution in [0.3, 0.4) is 0 Å². The van der Waals surface area contributed by atoms with E-state index in [1.54, 1.807) is 18.1 Å². The predicted octanol–water partition coefficient (Wildman–Crippen LogP) is 1.72. The molecule has 8 heteroatoms. The van der Waals surface area contributed by atoms with Crippen molar-refractivity contribution in [2.45, 2.75) is 6.42 Å². The highest BCUT2D eigenvalue weighted by molar-refractivity contribution is 8.13. The van der Waals surface area contributed by atoms with Crippen LogP contribution >= 0.6 is 23.5 Å². The molecule has 0 aliphatic carbocycles. The standard InChI is InChI=1S/C10H16N4O2S2/c1-17-10(7-14(15)16)12-3-5-18-4-2-9-6-11-8-13-9/h6,8H,2-5,7H2,1H3,(H,11,13). The van der Waals surface area contributed by atoms with Gasteiger partial charge in [0.05, 0.1) is 6.33 Å². The monoisotopic (exact) mass is 288 g/mol. The fourth-order valence-corrected chi connectivity index (χ4v) is 2.47. The fourth-order valence-electron chi connectivity index (χ4n) is 1.23. The molecule has 0 spiro atoms. The molecule has 0 aliphatic rings. The third kappa shape index (κ3) is 6.65. The number of aromatic nitrogens is 2. The highest BCUT2D eigenvalue weighted by Crippen LogP contribution is 2.05. The molecule has 0 aliphatic heterocycles. The van der Waals surface area contributed by atoms with Crippen LogP contribution in [0.1, 0.15) is 5.69 Å². The first-order chi connectivity index (χ1) is 8.72. The Hall–Kier alpha value is -1.02. The molecule has 0 atom stereocenters. The molecule has 6 nitrogen and oxygen atoms in total. The van der Waals surface area contributed by atoms with Crippen LogP contribution in [-0.4, -0.2) is 50.8 Å². The van der Waals surface area contributed by atoms with E-state index in [0.29, 0.717) is 11.6 Å². The number of H-pyrrole nitrogens is 1. The molecule has 0 unspecified atom stereocenters. The van der Waals surface area contributed by atoms with Crippen LogP contribution in [0.2, 0.25) is 0 Å². The first-order valence-electron chi connectivity index (χ1n) is 5.46. The SMILES string of the molecule is CSC(C[N+](=O)[O-])=NCCSCCc1cnc[nH]1. The lowest BCUT2D eigenvalue weighted by molar-refractivity contribution is -0.462. The molecule has 0 fully saturated rings. The van der Waals surface area contributed by atoms with Gasteiger partial charge >= 0.3 is 0 Å². The number of nitrogens with zero attached hydrogens (tertiary/aromatic N) is 3. The maximum atomic E-state index is 10.3. The van der Waals surface area contributed by atoms with Crippen molar-refractivity contribution in [1.82, 2.24) is 9.97 Å². The number of aromatic amines is 1. The minimum atomic E-state index is -0.347. The number of aryl methyl sites for hydroxylation is 1. The van der Waals surface area contributed by atoms with E-state index >= 15 is 0 Å². The van der Waals surface area contributed by atoms with Gasteiger partial charge in [-0.25, -0.2) is 4.98 Å². The Morgan fingerprint density at radius 1 is 1.61 bits per heavy atom. The number of nitrogens with one attached hydrogen (secondary N) is 1. The van der Waals surface area contributed by atoms with Gasteiger partial charge in [0.2, 0.25) is 0 Å². The van der Waals surface area contributed by atoms with E-state index in [9.17, 15) is 10.1 Å². The van der Waals surface area contributed by atoms with Gasteiger partial charge in [0.1, 0.15) is 5.04 Å². The smallest absolute Gasteiger partial charge is 0.250 e. The molecule has 1 N–H and O–H groups in total. The van der Waals surface area contributed by atoms with E-state index in [4.69, 9.17) is 0 Å². The number of thioether (sulfide) groups is 2. The highest BCUT2D eigenvalue weighted by atomic mass is 32.2. The van der Waals surface area contributed by atoms with Gasteiger partial charge in [-0.05, 0) is 18.4 Å². The van der Waals surface area contributed by atoms with E-state index in [1.165, 1.54) is 11.8 Å². The zero-order valence-corrected chi connectivity index (χ0v) is 11.8. The molecule has 100 valence electrons. The lowest BCUT2D eigenvalue weighted by atomic mass is 10.4. The molecule has 1 rings (SSSR count). The molecule has 0 radical (unpaired) electrons. The first kappa shape index (κ1) is 15.0. The summed E-state index contributed by atoms with van der Waals surface area (Å²) in [6.45, 7) is 0.470. The van der Waals surface area contributed by atoms with E-state index in [-0.39, 0.29) is 11.5 Å². The third-order valence-electron chi connectivity index (χ3n) is 2.09. The largest absolute Gasteiger partial charge is 0.348 e. The lowest BCUT2D eigenvalue weighted by Gasteiger charge is -2.00. The number of hydrogen-bond acceptors (Lipinski definition) is 6. The van der Waals surface area contributed by atoms with E-state index in [2.05, 4.69) is 15.0 Å². The summed E-state index contributed by atoms with van der Waals surface area (Å²) in [7, 11) is 0. The van der Waals surface area contributed by atoms with Gasteiger partial charge in [0.15, 0.2) is 0 Å². The molecule has 0 bridgehead atoms. The van der Waals surface area contributed by atoms with Crippen LogP contribution in [0, 0.1) is 10.1 Å². The molecule has 0 saturated heterocycles. The molecular weight excluding hydrogens is 272 g/mol. The van der Waals surface area contributed by atoms with E-state index in [1.807, 2.05) is 12.5 Å². The zero-order valence-electron chi connectivity index (χ0n) is 10.2. The summed E-state index contributed by atoms with van der Waals surface area (Å²) in [5.74, 6) is 1.89. The summed E-state index contributed by atoms with van der Waals surface area (Å²) >= 11 is 3.13. The average Bonchev–Trinajstić information content (AvgIpc) is 2.84. The van der Waals surface area contributed by atoms with Crippen molar-refractivity contribution >= 4 is 28.6 Å². The Morgan fingerprint density at radius 2 is 2.44 bits per heavy atom. The summed E-state index contributed by atoms with van der Waals surface area (Å²) in [5.41, 5.74) is 1.13. The van der Waals surface area contributed by atoms with Gasteiger partial charge in [-0.1, -0.05) is 0 Å². The topological polar surface area (TPSA) is 84.2 Å². The first-order valence-corrected chi connectivity index (χ1v) is 7.84. The van der Waals surface area contributed by atoms with Crippen molar-refractivity contribution in [3.05, 3.63) is 28.3 Å².